The zero-order valence-electron chi connectivity index (χ0n) is 15.3. The first-order valence-electron chi connectivity index (χ1n) is 9.52. The average molecular weight is 343 g/mol. The van der Waals surface area contributed by atoms with Crippen molar-refractivity contribution < 1.29 is 9.59 Å². The normalized spacial score (nSPS) is 21.2. The molecule has 1 fully saturated rings. The van der Waals surface area contributed by atoms with Gasteiger partial charge in [-0.25, -0.2) is 0 Å². The maximum atomic E-state index is 12.5. The van der Waals surface area contributed by atoms with E-state index >= 15 is 0 Å². The number of amides is 2. The highest BCUT2D eigenvalue weighted by molar-refractivity contribution is 5.89. The summed E-state index contributed by atoms with van der Waals surface area (Å²) in [7, 11) is 0. The first-order valence-corrected chi connectivity index (χ1v) is 9.52. The maximum absolute atomic E-state index is 12.5. The quantitative estimate of drug-likeness (QED) is 0.826. The topological polar surface area (TPSA) is 61.4 Å². The Morgan fingerprint density at radius 1 is 1.24 bits per heavy atom. The number of carbonyl (C=O) groups is 2. The van der Waals surface area contributed by atoms with Gasteiger partial charge >= 0.3 is 0 Å². The lowest BCUT2D eigenvalue weighted by Gasteiger charge is -2.39. The highest BCUT2D eigenvalue weighted by Gasteiger charge is 2.38. The Bertz CT molecular complexity index is 602. The van der Waals surface area contributed by atoms with E-state index in [4.69, 9.17) is 0 Å². The summed E-state index contributed by atoms with van der Waals surface area (Å²) in [5.74, 6) is -0.0295. The highest BCUT2D eigenvalue weighted by atomic mass is 16.2. The van der Waals surface area contributed by atoms with Gasteiger partial charge in [0, 0.05) is 25.2 Å². The lowest BCUT2D eigenvalue weighted by Crippen LogP contribution is -2.60. The zero-order valence-corrected chi connectivity index (χ0v) is 15.3. The molecule has 0 spiro atoms. The maximum Gasteiger partial charge on any atom is 0.237 e. The van der Waals surface area contributed by atoms with Gasteiger partial charge in [-0.1, -0.05) is 38.1 Å². The minimum Gasteiger partial charge on any atom is -0.353 e. The molecule has 0 aromatic heterocycles. The number of rotatable bonds is 6. The van der Waals surface area contributed by atoms with E-state index in [0.717, 1.165) is 32.2 Å². The first kappa shape index (κ1) is 17.9. The van der Waals surface area contributed by atoms with Gasteiger partial charge in [0.15, 0.2) is 0 Å². The molecule has 1 atom stereocenters. The van der Waals surface area contributed by atoms with Crippen molar-refractivity contribution in [1.82, 2.24) is 15.5 Å². The van der Waals surface area contributed by atoms with Gasteiger partial charge in [0.2, 0.25) is 11.8 Å². The Hall–Kier alpha value is -1.88. The molecule has 3 rings (SSSR count). The minimum absolute atomic E-state index is 0.0121. The molecular weight excluding hydrogens is 314 g/mol. The SMILES string of the molecule is CCC(CC)NC(=O)C[C@@H]1C(=O)NCCN1C1Cc2ccccc2C1. The van der Waals surface area contributed by atoms with Gasteiger partial charge in [-0.3, -0.25) is 14.5 Å². The Morgan fingerprint density at radius 3 is 2.48 bits per heavy atom. The van der Waals surface area contributed by atoms with Gasteiger partial charge in [-0.05, 0) is 36.8 Å². The molecule has 5 nitrogen and oxygen atoms in total. The molecule has 1 aliphatic carbocycles. The predicted octanol–water partition coefficient (Wildman–Crippen LogP) is 1.65. The van der Waals surface area contributed by atoms with Crippen molar-refractivity contribution in [3.05, 3.63) is 35.4 Å². The largest absolute Gasteiger partial charge is 0.353 e. The molecule has 2 amide bonds. The minimum atomic E-state index is -0.359. The van der Waals surface area contributed by atoms with Crippen molar-refractivity contribution in [2.45, 2.75) is 64.1 Å². The molecule has 0 saturated carbocycles. The van der Waals surface area contributed by atoms with Gasteiger partial charge in [0.1, 0.15) is 0 Å². The summed E-state index contributed by atoms with van der Waals surface area (Å²) >= 11 is 0. The van der Waals surface area contributed by atoms with Crippen LogP contribution in [0.1, 0.15) is 44.2 Å². The van der Waals surface area contributed by atoms with Crippen LogP contribution in [0.5, 0.6) is 0 Å². The van der Waals surface area contributed by atoms with Crippen LogP contribution in [0.15, 0.2) is 24.3 Å². The summed E-state index contributed by atoms with van der Waals surface area (Å²) in [5, 5.41) is 6.00. The molecule has 0 bridgehead atoms. The van der Waals surface area contributed by atoms with E-state index in [0.29, 0.717) is 12.6 Å². The molecule has 5 heteroatoms. The number of hydrogen-bond donors (Lipinski definition) is 2. The number of benzene rings is 1. The van der Waals surface area contributed by atoms with E-state index in [1.165, 1.54) is 11.1 Å². The summed E-state index contributed by atoms with van der Waals surface area (Å²) in [4.78, 5) is 27.2. The molecule has 1 aliphatic heterocycles. The van der Waals surface area contributed by atoms with Crippen molar-refractivity contribution in [1.29, 1.82) is 0 Å². The fourth-order valence-electron chi connectivity index (χ4n) is 4.10. The number of hydrogen-bond acceptors (Lipinski definition) is 3. The number of fused-ring (bicyclic) bond motifs is 1. The Morgan fingerprint density at radius 2 is 1.88 bits per heavy atom. The second kappa shape index (κ2) is 8.00. The van der Waals surface area contributed by atoms with Gasteiger partial charge in [-0.2, -0.15) is 0 Å². The third kappa shape index (κ3) is 4.03. The molecular formula is C20H29N3O2. The molecule has 0 unspecified atom stereocenters. The second-order valence-electron chi connectivity index (χ2n) is 7.16. The van der Waals surface area contributed by atoms with Crippen LogP contribution < -0.4 is 10.6 Å². The van der Waals surface area contributed by atoms with Crippen LogP contribution in [0.3, 0.4) is 0 Å². The first-order chi connectivity index (χ1) is 12.1. The fraction of sp³-hybridized carbons (Fsp3) is 0.600. The van der Waals surface area contributed by atoms with Crippen LogP contribution in [0.2, 0.25) is 0 Å². The Labute approximate surface area is 150 Å². The molecule has 1 aromatic rings. The summed E-state index contributed by atoms with van der Waals surface area (Å²) in [6.07, 6.45) is 4.01. The number of carbonyl (C=O) groups excluding carboxylic acids is 2. The molecule has 1 aromatic carbocycles. The van der Waals surface area contributed by atoms with Crippen LogP contribution in [-0.2, 0) is 22.4 Å². The third-order valence-electron chi connectivity index (χ3n) is 5.60. The van der Waals surface area contributed by atoms with Gasteiger partial charge in [-0.15, -0.1) is 0 Å². The summed E-state index contributed by atoms with van der Waals surface area (Å²) < 4.78 is 0. The van der Waals surface area contributed by atoms with E-state index in [9.17, 15) is 9.59 Å². The van der Waals surface area contributed by atoms with Crippen molar-refractivity contribution >= 4 is 11.8 Å². The van der Waals surface area contributed by atoms with E-state index in [2.05, 4.69) is 53.6 Å². The standard InChI is InChI=1S/C20H29N3O2/c1-3-16(4-2)22-19(24)13-18-20(25)21-9-10-23(18)17-11-14-7-5-6-8-15(14)12-17/h5-8,16-18H,3-4,9-13H2,1-2H3,(H,21,25)(H,22,24)/t18-/m1/s1. The molecule has 1 heterocycles. The predicted molar refractivity (Wildman–Crippen MR) is 98.3 cm³/mol. The van der Waals surface area contributed by atoms with Crippen molar-refractivity contribution in [3.8, 4) is 0 Å². The number of piperazine rings is 1. The van der Waals surface area contributed by atoms with Crippen LogP contribution >= 0.6 is 0 Å². The number of nitrogens with zero attached hydrogens (tertiary/aromatic N) is 1. The Kier molecular flexibility index (Phi) is 5.74. The highest BCUT2D eigenvalue weighted by Crippen LogP contribution is 2.28. The summed E-state index contributed by atoms with van der Waals surface area (Å²) in [6, 6.07) is 8.65. The average Bonchev–Trinajstić information content (AvgIpc) is 3.05. The van der Waals surface area contributed by atoms with Crippen LogP contribution in [0.25, 0.3) is 0 Å². The van der Waals surface area contributed by atoms with Crippen LogP contribution in [0, 0.1) is 0 Å². The van der Waals surface area contributed by atoms with Gasteiger partial charge < -0.3 is 10.6 Å². The molecule has 25 heavy (non-hydrogen) atoms. The summed E-state index contributed by atoms with van der Waals surface area (Å²) in [5.41, 5.74) is 2.75. The van der Waals surface area contributed by atoms with E-state index in [-0.39, 0.29) is 30.3 Å². The van der Waals surface area contributed by atoms with Gasteiger partial charge in [0.25, 0.3) is 0 Å². The monoisotopic (exact) mass is 343 g/mol. The second-order valence-corrected chi connectivity index (χ2v) is 7.16. The lowest BCUT2D eigenvalue weighted by molar-refractivity contribution is -0.135. The van der Waals surface area contributed by atoms with Crippen molar-refractivity contribution in [3.63, 3.8) is 0 Å². The zero-order chi connectivity index (χ0) is 17.8. The lowest BCUT2D eigenvalue weighted by atomic mass is 10.0. The molecule has 2 aliphatic rings. The third-order valence-corrected chi connectivity index (χ3v) is 5.60. The van der Waals surface area contributed by atoms with Crippen molar-refractivity contribution in [2.75, 3.05) is 13.1 Å². The molecule has 2 N–H and O–H groups in total. The van der Waals surface area contributed by atoms with E-state index in [1.807, 2.05) is 0 Å². The molecule has 1 saturated heterocycles. The molecule has 136 valence electrons. The fourth-order valence-corrected chi connectivity index (χ4v) is 4.10. The number of nitrogens with one attached hydrogen (secondary N) is 2. The van der Waals surface area contributed by atoms with Gasteiger partial charge in [0.05, 0.1) is 12.5 Å². The Balaban J connectivity index is 1.68. The van der Waals surface area contributed by atoms with E-state index in [1.54, 1.807) is 0 Å². The molecule has 0 radical (unpaired) electrons. The summed E-state index contributed by atoms with van der Waals surface area (Å²) in [6.45, 7) is 5.62. The van der Waals surface area contributed by atoms with Crippen LogP contribution in [0.4, 0.5) is 0 Å². The van der Waals surface area contributed by atoms with E-state index < -0.39 is 0 Å². The smallest absolute Gasteiger partial charge is 0.237 e. The van der Waals surface area contributed by atoms with Crippen LogP contribution in [-0.4, -0.2) is 47.9 Å². The van der Waals surface area contributed by atoms with Crippen molar-refractivity contribution in [2.24, 2.45) is 0 Å².